The van der Waals surface area contributed by atoms with E-state index < -0.39 is 0 Å². The SMILES string of the molecule is COc1cc(C(=O)NC2CCCN(C(=O)NCc3ccc(Cl)cc3)C2)ccc1-n1cnc(C)c1. The van der Waals surface area contributed by atoms with E-state index in [-0.39, 0.29) is 18.0 Å². The fourth-order valence-electron chi connectivity index (χ4n) is 4.03. The van der Waals surface area contributed by atoms with Gasteiger partial charge in [0.25, 0.3) is 5.91 Å². The molecule has 9 heteroatoms. The minimum absolute atomic E-state index is 0.121. The van der Waals surface area contributed by atoms with Crippen LogP contribution in [-0.4, -0.2) is 52.6 Å². The molecule has 0 aliphatic carbocycles. The zero-order valence-electron chi connectivity index (χ0n) is 19.3. The number of imidazole rings is 1. The van der Waals surface area contributed by atoms with Crippen molar-refractivity contribution < 1.29 is 14.3 Å². The highest BCUT2D eigenvalue weighted by molar-refractivity contribution is 6.30. The van der Waals surface area contributed by atoms with Crippen LogP contribution in [0.1, 0.15) is 34.5 Å². The minimum Gasteiger partial charge on any atom is -0.495 e. The molecule has 1 aromatic heterocycles. The van der Waals surface area contributed by atoms with Gasteiger partial charge in [0.2, 0.25) is 0 Å². The van der Waals surface area contributed by atoms with Gasteiger partial charge in [-0.05, 0) is 55.7 Å². The molecular weight excluding hydrogens is 454 g/mol. The van der Waals surface area contributed by atoms with E-state index in [1.807, 2.05) is 35.9 Å². The molecule has 2 heterocycles. The van der Waals surface area contributed by atoms with Crippen LogP contribution in [0.4, 0.5) is 4.79 Å². The molecule has 34 heavy (non-hydrogen) atoms. The standard InChI is InChI=1S/C25H28ClN5O3/c1-17-14-31(16-28-17)22-10-7-19(12-23(22)34-2)24(32)29-21-4-3-11-30(15-21)25(33)27-13-18-5-8-20(26)9-6-18/h5-10,12,14,16,21H,3-4,11,13,15H2,1-2H3,(H,27,33)(H,29,32). The highest BCUT2D eigenvalue weighted by atomic mass is 35.5. The lowest BCUT2D eigenvalue weighted by molar-refractivity contribution is 0.0910. The quantitative estimate of drug-likeness (QED) is 0.558. The summed E-state index contributed by atoms with van der Waals surface area (Å²) in [6.45, 7) is 3.45. The molecule has 0 spiro atoms. The summed E-state index contributed by atoms with van der Waals surface area (Å²) in [5, 5.41) is 6.67. The van der Waals surface area contributed by atoms with Crippen molar-refractivity contribution in [1.29, 1.82) is 0 Å². The number of ether oxygens (including phenoxy) is 1. The van der Waals surface area contributed by atoms with Crippen molar-refractivity contribution >= 4 is 23.5 Å². The summed E-state index contributed by atoms with van der Waals surface area (Å²) in [6, 6.07) is 12.4. The lowest BCUT2D eigenvalue weighted by Gasteiger charge is -2.33. The van der Waals surface area contributed by atoms with Crippen LogP contribution in [-0.2, 0) is 6.54 Å². The number of benzene rings is 2. The molecule has 0 bridgehead atoms. The Morgan fingerprint density at radius 3 is 2.71 bits per heavy atom. The number of nitrogens with zero attached hydrogens (tertiary/aromatic N) is 3. The molecule has 1 saturated heterocycles. The van der Waals surface area contributed by atoms with Gasteiger partial charge in [0, 0.05) is 42.5 Å². The van der Waals surface area contributed by atoms with Gasteiger partial charge >= 0.3 is 6.03 Å². The van der Waals surface area contributed by atoms with Gasteiger partial charge in [-0.2, -0.15) is 0 Å². The molecule has 0 saturated carbocycles. The fraction of sp³-hybridized carbons (Fsp3) is 0.320. The van der Waals surface area contributed by atoms with Gasteiger partial charge in [0.1, 0.15) is 5.75 Å². The predicted octanol–water partition coefficient (Wildman–Crippen LogP) is 3.95. The zero-order chi connectivity index (χ0) is 24.1. The molecule has 1 atom stereocenters. The van der Waals surface area contributed by atoms with Crippen LogP contribution >= 0.6 is 11.6 Å². The number of rotatable bonds is 6. The van der Waals surface area contributed by atoms with Crippen molar-refractivity contribution in [3.05, 3.63) is 76.8 Å². The molecule has 0 radical (unpaired) electrons. The van der Waals surface area contributed by atoms with Crippen LogP contribution in [0.3, 0.4) is 0 Å². The highest BCUT2D eigenvalue weighted by Gasteiger charge is 2.25. The van der Waals surface area contributed by atoms with E-state index in [4.69, 9.17) is 16.3 Å². The molecule has 2 N–H and O–H groups in total. The zero-order valence-corrected chi connectivity index (χ0v) is 20.0. The summed E-state index contributed by atoms with van der Waals surface area (Å²) in [5.74, 6) is 0.386. The molecule has 8 nitrogen and oxygen atoms in total. The van der Waals surface area contributed by atoms with Gasteiger partial charge in [0.05, 0.1) is 24.8 Å². The molecule has 1 aliphatic rings. The van der Waals surface area contributed by atoms with E-state index >= 15 is 0 Å². The first-order valence-corrected chi connectivity index (χ1v) is 11.6. The first-order chi connectivity index (χ1) is 16.4. The first kappa shape index (κ1) is 23.6. The molecular formula is C25H28ClN5O3. The van der Waals surface area contributed by atoms with Gasteiger partial charge in [-0.25, -0.2) is 9.78 Å². The van der Waals surface area contributed by atoms with Crippen molar-refractivity contribution in [2.24, 2.45) is 0 Å². The number of aromatic nitrogens is 2. The van der Waals surface area contributed by atoms with Crippen molar-refractivity contribution in [3.63, 3.8) is 0 Å². The number of halogens is 1. The molecule has 4 rings (SSSR count). The van der Waals surface area contributed by atoms with E-state index in [0.717, 1.165) is 29.8 Å². The predicted molar refractivity (Wildman–Crippen MR) is 131 cm³/mol. The van der Waals surface area contributed by atoms with Crippen molar-refractivity contribution in [2.45, 2.75) is 32.4 Å². The Bertz CT molecular complexity index is 1160. The minimum atomic E-state index is -0.194. The van der Waals surface area contributed by atoms with Crippen molar-refractivity contribution in [2.75, 3.05) is 20.2 Å². The third-order valence-corrected chi connectivity index (χ3v) is 6.08. The van der Waals surface area contributed by atoms with Crippen LogP contribution < -0.4 is 15.4 Å². The molecule has 3 amide bonds. The van der Waals surface area contributed by atoms with Gasteiger partial charge in [0.15, 0.2) is 0 Å². The summed E-state index contributed by atoms with van der Waals surface area (Å²) in [6.07, 6.45) is 5.24. The third kappa shape index (κ3) is 5.69. The van der Waals surface area contributed by atoms with E-state index in [1.165, 1.54) is 0 Å². The highest BCUT2D eigenvalue weighted by Crippen LogP contribution is 2.25. The Morgan fingerprint density at radius 2 is 2.00 bits per heavy atom. The van der Waals surface area contributed by atoms with Crippen LogP contribution in [0.15, 0.2) is 55.0 Å². The number of urea groups is 1. The second kappa shape index (κ2) is 10.6. The Kier molecular flexibility index (Phi) is 7.37. The molecule has 2 aromatic carbocycles. The number of likely N-dealkylation sites (tertiary alicyclic amines) is 1. The van der Waals surface area contributed by atoms with Crippen LogP contribution in [0, 0.1) is 6.92 Å². The van der Waals surface area contributed by atoms with Crippen LogP contribution in [0.5, 0.6) is 5.75 Å². The van der Waals surface area contributed by atoms with E-state index in [0.29, 0.717) is 36.0 Å². The number of carbonyl (C=O) groups is 2. The smallest absolute Gasteiger partial charge is 0.317 e. The van der Waals surface area contributed by atoms with Crippen LogP contribution in [0.25, 0.3) is 5.69 Å². The third-order valence-electron chi connectivity index (χ3n) is 5.83. The maximum Gasteiger partial charge on any atom is 0.317 e. The normalized spacial score (nSPS) is 15.6. The van der Waals surface area contributed by atoms with Gasteiger partial charge in [-0.3, -0.25) is 4.79 Å². The van der Waals surface area contributed by atoms with E-state index in [1.54, 1.807) is 42.6 Å². The van der Waals surface area contributed by atoms with E-state index in [2.05, 4.69) is 15.6 Å². The number of aryl methyl sites for hydroxylation is 1. The Morgan fingerprint density at radius 1 is 1.21 bits per heavy atom. The second-order valence-electron chi connectivity index (χ2n) is 8.35. The maximum absolute atomic E-state index is 12.9. The first-order valence-electron chi connectivity index (χ1n) is 11.2. The number of nitrogens with one attached hydrogen (secondary N) is 2. The van der Waals surface area contributed by atoms with Gasteiger partial charge in [-0.1, -0.05) is 23.7 Å². The summed E-state index contributed by atoms with van der Waals surface area (Å²) >= 11 is 5.91. The summed E-state index contributed by atoms with van der Waals surface area (Å²) < 4.78 is 7.37. The average molecular weight is 482 g/mol. The molecule has 1 aliphatic heterocycles. The number of piperidine rings is 1. The van der Waals surface area contributed by atoms with E-state index in [9.17, 15) is 9.59 Å². The summed E-state index contributed by atoms with van der Waals surface area (Å²) in [4.78, 5) is 31.6. The second-order valence-corrected chi connectivity index (χ2v) is 8.79. The summed E-state index contributed by atoms with van der Waals surface area (Å²) in [7, 11) is 1.58. The largest absolute Gasteiger partial charge is 0.495 e. The lowest BCUT2D eigenvalue weighted by Crippen LogP contribution is -2.52. The lowest BCUT2D eigenvalue weighted by atomic mass is 10.0. The van der Waals surface area contributed by atoms with Crippen molar-refractivity contribution in [1.82, 2.24) is 25.1 Å². The van der Waals surface area contributed by atoms with Crippen LogP contribution in [0.2, 0.25) is 5.02 Å². The topological polar surface area (TPSA) is 88.5 Å². The number of amides is 3. The Balaban J connectivity index is 1.35. The van der Waals surface area contributed by atoms with Gasteiger partial charge < -0.3 is 24.8 Å². The number of carbonyl (C=O) groups excluding carboxylic acids is 2. The fourth-order valence-corrected chi connectivity index (χ4v) is 4.15. The number of hydrogen-bond acceptors (Lipinski definition) is 4. The Labute approximate surface area is 203 Å². The average Bonchev–Trinajstić information content (AvgIpc) is 3.29. The number of hydrogen-bond donors (Lipinski definition) is 2. The molecule has 1 fully saturated rings. The molecule has 1 unspecified atom stereocenters. The van der Waals surface area contributed by atoms with Gasteiger partial charge in [-0.15, -0.1) is 0 Å². The maximum atomic E-state index is 12.9. The molecule has 3 aromatic rings. The molecule has 178 valence electrons. The summed E-state index contributed by atoms with van der Waals surface area (Å²) in [5.41, 5.74) is 3.17. The Hall–Kier alpha value is -3.52. The van der Waals surface area contributed by atoms with Crippen molar-refractivity contribution in [3.8, 4) is 11.4 Å². The number of methoxy groups -OCH3 is 1. The monoisotopic (exact) mass is 481 g/mol.